The number of rotatable bonds is 4. The van der Waals surface area contributed by atoms with Crippen molar-refractivity contribution in [3.8, 4) is 0 Å². The Kier molecular flexibility index (Phi) is 5.33. The Morgan fingerprint density at radius 2 is 2.15 bits per heavy atom. The molecule has 2 rings (SSSR count). The molecule has 0 amide bonds. The molecule has 1 N–H and O–H groups in total. The second-order valence-corrected chi connectivity index (χ2v) is 7.07. The molecule has 2 unspecified atom stereocenters. The van der Waals surface area contributed by atoms with Crippen molar-refractivity contribution in [2.75, 3.05) is 44.4 Å². The van der Waals surface area contributed by atoms with Gasteiger partial charge in [0.1, 0.15) is 0 Å². The molecule has 0 spiro atoms. The fourth-order valence-corrected chi connectivity index (χ4v) is 3.35. The van der Waals surface area contributed by atoms with Crippen molar-refractivity contribution in [3.05, 3.63) is 22.7 Å². The minimum absolute atomic E-state index is 0.491. The Hall–Kier alpha value is -0.740. The van der Waals surface area contributed by atoms with Crippen molar-refractivity contribution in [1.29, 1.82) is 0 Å². The van der Waals surface area contributed by atoms with E-state index in [2.05, 4.69) is 77.3 Å². The van der Waals surface area contributed by atoms with E-state index in [4.69, 9.17) is 0 Å². The van der Waals surface area contributed by atoms with E-state index < -0.39 is 0 Å². The van der Waals surface area contributed by atoms with Gasteiger partial charge in [0.2, 0.25) is 0 Å². The van der Waals surface area contributed by atoms with Crippen LogP contribution < -0.4 is 10.2 Å². The van der Waals surface area contributed by atoms with E-state index in [9.17, 15) is 0 Å². The van der Waals surface area contributed by atoms with Crippen molar-refractivity contribution < 1.29 is 0 Å². The van der Waals surface area contributed by atoms with Crippen LogP contribution in [-0.4, -0.2) is 45.2 Å². The molecule has 2 atom stereocenters. The molecule has 1 saturated heterocycles. The second-order valence-electron chi connectivity index (χ2n) is 6.15. The molecule has 1 aromatic carbocycles. The van der Waals surface area contributed by atoms with E-state index in [0.29, 0.717) is 6.04 Å². The third-order valence-electron chi connectivity index (χ3n) is 4.19. The van der Waals surface area contributed by atoms with Crippen molar-refractivity contribution in [2.24, 2.45) is 5.92 Å². The number of hydrogen-bond donors (Lipinski definition) is 1. The molecule has 4 heteroatoms. The first kappa shape index (κ1) is 15.6. The van der Waals surface area contributed by atoms with Crippen LogP contribution >= 0.6 is 15.9 Å². The van der Waals surface area contributed by atoms with Crippen LogP contribution in [0, 0.1) is 5.92 Å². The molecule has 0 aliphatic carbocycles. The van der Waals surface area contributed by atoms with Crippen LogP contribution in [-0.2, 0) is 0 Å². The van der Waals surface area contributed by atoms with Crippen molar-refractivity contribution >= 4 is 27.3 Å². The molecular formula is C16H26BrN3. The predicted octanol–water partition coefficient (Wildman–Crippen LogP) is 3.66. The molecule has 20 heavy (non-hydrogen) atoms. The minimum Gasteiger partial charge on any atom is -0.381 e. The Labute approximate surface area is 131 Å². The highest BCUT2D eigenvalue weighted by molar-refractivity contribution is 9.10. The Morgan fingerprint density at radius 1 is 1.40 bits per heavy atom. The number of likely N-dealkylation sites (tertiary alicyclic amines) is 1. The lowest BCUT2D eigenvalue weighted by molar-refractivity contribution is 0.197. The molecule has 0 radical (unpaired) electrons. The molecule has 1 heterocycles. The largest absolute Gasteiger partial charge is 0.381 e. The lowest BCUT2D eigenvalue weighted by atomic mass is 9.91. The third kappa shape index (κ3) is 3.89. The number of benzene rings is 1. The monoisotopic (exact) mass is 339 g/mol. The standard InChI is InChI=1S/C16H26BrN3/c1-12(13-6-5-9-20(4)11-13)18-15-10-14(17)7-8-16(15)19(2)3/h7-8,10,12-13,18H,5-6,9,11H2,1-4H3. The zero-order valence-electron chi connectivity index (χ0n) is 13.0. The number of halogens is 1. The Morgan fingerprint density at radius 3 is 2.80 bits per heavy atom. The number of anilines is 2. The van der Waals surface area contributed by atoms with Crippen LogP contribution in [0.2, 0.25) is 0 Å². The summed E-state index contributed by atoms with van der Waals surface area (Å²) in [7, 11) is 6.41. The van der Waals surface area contributed by atoms with Gasteiger partial charge in [0.05, 0.1) is 11.4 Å². The second kappa shape index (κ2) is 6.81. The van der Waals surface area contributed by atoms with Gasteiger partial charge in [-0.2, -0.15) is 0 Å². The molecular weight excluding hydrogens is 314 g/mol. The van der Waals surface area contributed by atoms with Crippen LogP contribution in [0.5, 0.6) is 0 Å². The van der Waals surface area contributed by atoms with E-state index in [1.807, 2.05) is 0 Å². The zero-order chi connectivity index (χ0) is 14.7. The van der Waals surface area contributed by atoms with E-state index in [1.165, 1.54) is 37.3 Å². The fraction of sp³-hybridized carbons (Fsp3) is 0.625. The highest BCUT2D eigenvalue weighted by atomic mass is 79.9. The van der Waals surface area contributed by atoms with Gasteiger partial charge in [-0.05, 0) is 57.5 Å². The van der Waals surface area contributed by atoms with Crippen LogP contribution in [0.4, 0.5) is 11.4 Å². The Balaban J connectivity index is 2.10. The number of piperidine rings is 1. The number of hydrogen-bond acceptors (Lipinski definition) is 3. The summed E-state index contributed by atoms with van der Waals surface area (Å²) in [4.78, 5) is 4.61. The summed E-state index contributed by atoms with van der Waals surface area (Å²) in [6, 6.07) is 6.93. The van der Waals surface area contributed by atoms with Gasteiger partial charge in [-0.1, -0.05) is 15.9 Å². The fourth-order valence-electron chi connectivity index (χ4n) is 2.99. The van der Waals surface area contributed by atoms with E-state index in [1.54, 1.807) is 0 Å². The molecule has 3 nitrogen and oxygen atoms in total. The average molecular weight is 340 g/mol. The first-order valence-electron chi connectivity index (χ1n) is 7.39. The van der Waals surface area contributed by atoms with Crippen LogP contribution in [0.1, 0.15) is 19.8 Å². The smallest absolute Gasteiger partial charge is 0.0597 e. The maximum Gasteiger partial charge on any atom is 0.0597 e. The molecule has 0 saturated carbocycles. The summed E-state index contributed by atoms with van der Waals surface area (Å²) < 4.78 is 1.12. The van der Waals surface area contributed by atoms with Gasteiger partial charge < -0.3 is 15.1 Å². The van der Waals surface area contributed by atoms with Crippen LogP contribution in [0.25, 0.3) is 0 Å². The molecule has 1 fully saturated rings. The lowest BCUT2D eigenvalue weighted by Gasteiger charge is -2.35. The summed E-state index contributed by atoms with van der Waals surface area (Å²) >= 11 is 3.57. The quantitative estimate of drug-likeness (QED) is 0.903. The first-order valence-corrected chi connectivity index (χ1v) is 8.18. The highest BCUT2D eigenvalue weighted by Crippen LogP contribution is 2.30. The van der Waals surface area contributed by atoms with Gasteiger partial charge >= 0.3 is 0 Å². The summed E-state index contributed by atoms with van der Waals surface area (Å²) in [5.41, 5.74) is 2.45. The number of nitrogens with one attached hydrogen (secondary N) is 1. The maximum atomic E-state index is 3.72. The summed E-state index contributed by atoms with van der Waals surface area (Å²) in [6.45, 7) is 4.74. The molecule has 0 aromatic heterocycles. The van der Waals surface area contributed by atoms with E-state index in [0.717, 1.165) is 10.4 Å². The van der Waals surface area contributed by atoms with Gasteiger partial charge in [-0.3, -0.25) is 0 Å². The van der Waals surface area contributed by atoms with E-state index in [-0.39, 0.29) is 0 Å². The molecule has 0 bridgehead atoms. The summed E-state index contributed by atoms with van der Waals surface area (Å²) in [5.74, 6) is 0.725. The summed E-state index contributed by atoms with van der Waals surface area (Å²) in [5, 5.41) is 3.72. The zero-order valence-corrected chi connectivity index (χ0v) is 14.6. The number of nitrogens with zero attached hydrogens (tertiary/aromatic N) is 2. The van der Waals surface area contributed by atoms with Crippen molar-refractivity contribution in [1.82, 2.24) is 4.90 Å². The molecule has 1 aliphatic rings. The van der Waals surface area contributed by atoms with Crippen molar-refractivity contribution in [3.63, 3.8) is 0 Å². The van der Waals surface area contributed by atoms with Gasteiger partial charge in [0, 0.05) is 31.2 Å². The van der Waals surface area contributed by atoms with E-state index >= 15 is 0 Å². The highest BCUT2D eigenvalue weighted by Gasteiger charge is 2.23. The maximum absolute atomic E-state index is 3.72. The van der Waals surface area contributed by atoms with Gasteiger partial charge in [-0.15, -0.1) is 0 Å². The average Bonchev–Trinajstić information content (AvgIpc) is 2.38. The normalized spacial score (nSPS) is 21.6. The first-order chi connectivity index (χ1) is 9.47. The third-order valence-corrected chi connectivity index (χ3v) is 4.68. The molecule has 1 aromatic rings. The van der Waals surface area contributed by atoms with Crippen LogP contribution in [0.3, 0.4) is 0 Å². The lowest BCUT2D eigenvalue weighted by Crippen LogP contribution is -2.40. The van der Waals surface area contributed by atoms with Crippen LogP contribution in [0.15, 0.2) is 22.7 Å². The summed E-state index contributed by atoms with van der Waals surface area (Å²) in [6.07, 6.45) is 2.63. The SMILES string of the molecule is CC(Nc1cc(Br)ccc1N(C)C)C1CCCN(C)C1. The van der Waals surface area contributed by atoms with Crippen molar-refractivity contribution in [2.45, 2.75) is 25.8 Å². The minimum atomic E-state index is 0.491. The molecule has 1 aliphatic heterocycles. The van der Waals surface area contributed by atoms with Gasteiger partial charge in [-0.25, -0.2) is 0 Å². The topological polar surface area (TPSA) is 18.5 Å². The van der Waals surface area contributed by atoms with Gasteiger partial charge in [0.15, 0.2) is 0 Å². The Bertz CT molecular complexity index is 447. The van der Waals surface area contributed by atoms with Gasteiger partial charge in [0.25, 0.3) is 0 Å². The predicted molar refractivity (Wildman–Crippen MR) is 91.8 cm³/mol. The molecule has 112 valence electrons.